The molecule has 4 heterocycles. The topological polar surface area (TPSA) is 43.9 Å². The van der Waals surface area contributed by atoms with Gasteiger partial charge in [0.15, 0.2) is 5.58 Å². The quantitative estimate of drug-likeness (QED) is 0.178. The van der Waals surface area contributed by atoms with Crippen LogP contribution in [0.1, 0.15) is 22.3 Å². The highest BCUT2D eigenvalue weighted by Gasteiger charge is 2.50. The summed E-state index contributed by atoms with van der Waals surface area (Å²) in [5.74, 6) is 0.616. The molecule has 0 bridgehead atoms. The summed E-state index contributed by atoms with van der Waals surface area (Å²) in [4.78, 5) is 13.4. The molecule has 13 rings (SSSR count). The summed E-state index contributed by atoms with van der Waals surface area (Å²) in [6.07, 6.45) is 0. The van der Waals surface area contributed by atoms with E-state index in [0.717, 1.165) is 49.5 Å². The molecule has 4 nitrogen and oxygen atoms in total. The van der Waals surface area contributed by atoms with Crippen LogP contribution >= 0.6 is 11.8 Å². The Hall–Kier alpha value is -6.95. The number of hydrogen-bond donors (Lipinski definition) is 0. The second-order valence-corrected chi connectivity index (χ2v) is 15.9. The average molecular weight is 732 g/mol. The Morgan fingerprint density at radius 2 is 1.12 bits per heavy atom. The second-order valence-electron chi connectivity index (χ2n) is 14.8. The maximum absolute atomic E-state index is 6.62. The Kier molecular flexibility index (Phi) is 6.00. The summed E-state index contributed by atoms with van der Waals surface area (Å²) in [5, 5.41) is 5.63. The van der Waals surface area contributed by atoms with E-state index in [-0.39, 0.29) is 0 Å². The molecule has 1 spiro atoms. The second kappa shape index (κ2) is 11.1. The Labute approximate surface area is 325 Å². The first kappa shape index (κ1) is 30.4. The zero-order valence-electron chi connectivity index (χ0n) is 29.9. The molecule has 2 aliphatic rings. The first-order valence-corrected chi connectivity index (χ1v) is 19.8. The van der Waals surface area contributed by atoms with E-state index < -0.39 is 5.41 Å². The predicted octanol–water partition coefficient (Wildman–Crippen LogP) is 13.1. The molecule has 5 heteroatoms. The van der Waals surface area contributed by atoms with Gasteiger partial charge < -0.3 is 4.42 Å². The van der Waals surface area contributed by atoms with Crippen LogP contribution in [0.15, 0.2) is 190 Å². The van der Waals surface area contributed by atoms with Crippen molar-refractivity contribution in [3.63, 3.8) is 0 Å². The monoisotopic (exact) mass is 731 g/mol. The predicted molar refractivity (Wildman–Crippen MR) is 228 cm³/mol. The van der Waals surface area contributed by atoms with Gasteiger partial charge in [0.25, 0.3) is 0 Å². The normalized spacial score (nSPS) is 13.8. The van der Waals surface area contributed by atoms with Crippen LogP contribution in [0.25, 0.3) is 83.0 Å². The zero-order valence-corrected chi connectivity index (χ0v) is 30.7. The van der Waals surface area contributed by atoms with Gasteiger partial charge in [0.2, 0.25) is 5.95 Å². The molecule has 0 atom stereocenters. The molecule has 11 aromatic rings. The number of benzene rings is 8. The van der Waals surface area contributed by atoms with Crippen molar-refractivity contribution >= 4 is 66.4 Å². The third-order valence-corrected chi connectivity index (χ3v) is 13.3. The van der Waals surface area contributed by atoms with E-state index in [1.165, 1.54) is 53.9 Å². The van der Waals surface area contributed by atoms with Crippen LogP contribution in [-0.4, -0.2) is 14.5 Å². The van der Waals surface area contributed by atoms with E-state index in [2.05, 4.69) is 162 Å². The summed E-state index contributed by atoms with van der Waals surface area (Å²) in [7, 11) is 0. The molecular weight excluding hydrogens is 703 g/mol. The Balaban J connectivity index is 1.16. The SMILES string of the molecule is c1ccc2c(c1)Sc1c(ccc3c1c1ccccc1n3-c1nc(-c3cccc4ccccc34)c3oc4ccccc4c3n1)C21c2ccccc2-c2ccccc21. The minimum atomic E-state index is -0.464. The number of rotatable bonds is 2. The van der Waals surface area contributed by atoms with Crippen LogP contribution in [0.2, 0.25) is 0 Å². The average Bonchev–Trinajstić information content (AvgIpc) is 3.90. The molecule has 0 saturated carbocycles. The Morgan fingerprint density at radius 3 is 1.96 bits per heavy atom. The van der Waals surface area contributed by atoms with Crippen LogP contribution in [0.5, 0.6) is 0 Å². The van der Waals surface area contributed by atoms with Gasteiger partial charge in [-0.25, -0.2) is 9.97 Å². The first-order chi connectivity index (χ1) is 27.8. The summed E-state index contributed by atoms with van der Waals surface area (Å²) >= 11 is 1.88. The molecule has 8 aromatic carbocycles. The van der Waals surface area contributed by atoms with E-state index in [0.29, 0.717) is 11.5 Å². The van der Waals surface area contributed by atoms with Gasteiger partial charge in [-0.3, -0.25) is 4.57 Å². The van der Waals surface area contributed by atoms with Gasteiger partial charge in [-0.1, -0.05) is 157 Å². The minimum Gasteiger partial charge on any atom is -0.452 e. The molecule has 0 saturated heterocycles. The van der Waals surface area contributed by atoms with Gasteiger partial charge in [-0.05, 0) is 74.5 Å². The number of nitrogens with zero attached hydrogens (tertiary/aromatic N) is 3. The highest BCUT2D eigenvalue weighted by Crippen LogP contribution is 2.63. The molecular formula is C51H29N3OS. The largest absolute Gasteiger partial charge is 0.452 e. The van der Waals surface area contributed by atoms with Crippen molar-refractivity contribution in [2.24, 2.45) is 0 Å². The molecule has 56 heavy (non-hydrogen) atoms. The maximum Gasteiger partial charge on any atom is 0.236 e. The van der Waals surface area contributed by atoms with Crippen LogP contribution in [0.3, 0.4) is 0 Å². The summed E-state index contributed by atoms with van der Waals surface area (Å²) in [6.45, 7) is 0. The Morgan fingerprint density at radius 1 is 0.482 bits per heavy atom. The van der Waals surface area contributed by atoms with E-state index in [1.807, 2.05) is 30.0 Å². The minimum absolute atomic E-state index is 0.464. The molecule has 0 amide bonds. The number of hydrogen-bond acceptors (Lipinski definition) is 4. The number of fused-ring (bicyclic) bond motifs is 17. The van der Waals surface area contributed by atoms with Crippen molar-refractivity contribution in [3.05, 3.63) is 198 Å². The fourth-order valence-electron chi connectivity index (χ4n) is 9.87. The third kappa shape index (κ3) is 3.80. The van der Waals surface area contributed by atoms with E-state index >= 15 is 0 Å². The molecule has 1 aliphatic heterocycles. The first-order valence-electron chi connectivity index (χ1n) is 19.0. The summed E-state index contributed by atoms with van der Waals surface area (Å²) in [6, 6.07) is 63.5. The van der Waals surface area contributed by atoms with E-state index in [4.69, 9.17) is 14.4 Å². The van der Waals surface area contributed by atoms with Gasteiger partial charge in [0.05, 0.1) is 16.4 Å². The standard InChI is InChI=1S/C51H29N3OS/c1-2-16-31-30(14-1)15-13-21-34(31)46-48-47(36-20-6-11-26-43(36)55-48)53-50(52-46)54-41-25-10-5-19-35(41)45-42(54)29-28-40-49(45)56-44-27-12-9-24-39(44)51(40)37-22-7-3-17-32(37)33-18-4-8-23-38(33)51/h1-29H. The maximum atomic E-state index is 6.62. The lowest BCUT2D eigenvalue weighted by molar-refractivity contribution is 0.666. The Bertz CT molecular complexity index is 3430. The molecule has 0 fully saturated rings. The molecule has 260 valence electrons. The lowest BCUT2D eigenvalue weighted by Crippen LogP contribution is -2.32. The van der Waals surface area contributed by atoms with Crippen molar-refractivity contribution < 1.29 is 4.42 Å². The van der Waals surface area contributed by atoms with Crippen LogP contribution in [0, 0.1) is 0 Å². The molecule has 0 unspecified atom stereocenters. The van der Waals surface area contributed by atoms with Crippen molar-refractivity contribution in [2.75, 3.05) is 0 Å². The van der Waals surface area contributed by atoms with E-state index in [1.54, 1.807) is 0 Å². The van der Waals surface area contributed by atoms with Crippen LogP contribution in [0.4, 0.5) is 0 Å². The van der Waals surface area contributed by atoms with Gasteiger partial charge >= 0.3 is 0 Å². The van der Waals surface area contributed by atoms with Crippen molar-refractivity contribution in [1.82, 2.24) is 14.5 Å². The molecule has 3 aromatic heterocycles. The number of para-hydroxylation sites is 2. The summed E-state index contributed by atoms with van der Waals surface area (Å²) < 4.78 is 8.88. The van der Waals surface area contributed by atoms with Gasteiger partial charge in [-0.2, -0.15) is 0 Å². The fourth-order valence-corrected chi connectivity index (χ4v) is 11.2. The van der Waals surface area contributed by atoms with Crippen molar-refractivity contribution in [3.8, 4) is 28.3 Å². The van der Waals surface area contributed by atoms with Crippen LogP contribution in [-0.2, 0) is 5.41 Å². The summed E-state index contributed by atoms with van der Waals surface area (Å²) in [5.41, 5.74) is 13.7. The van der Waals surface area contributed by atoms with Crippen molar-refractivity contribution in [2.45, 2.75) is 15.2 Å². The third-order valence-electron chi connectivity index (χ3n) is 12.1. The van der Waals surface area contributed by atoms with Gasteiger partial charge in [0, 0.05) is 31.5 Å². The molecule has 1 aliphatic carbocycles. The number of furan rings is 1. The highest BCUT2D eigenvalue weighted by molar-refractivity contribution is 7.99. The van der Waals surface area contributed by atoms with Crippen molar-refractivity contribution in [1.29, 1.82) is 0 Å². The lowest BCUT2D eigenvalue weighted by atomic mass is 9.67. The van der Waals surface area contributed by atoms with E-state index in [9.17, 15) is 0 Å². The smallest absolute Gasteiger partial charge is 0.236 e. The van der Waals surface area contributed by atoms with Crippen LogP contribution < -0.4 is 0 Å². The van der Waals surface area contributed by atoms with Gasteiger partial charge in [0.1, 0.15) is 16.8 Å². The lowest BCUT2D eigenvalue weighted by Gasteiger charge is -2.40. The molecule has 0 radical (unpaired) electrons. The van der Waals surface area contributed by atoms with Gasteiger partial charge in [-0.15, -0.1) is 0 Å². The number of aromatic nitrogens is 3. The molecule has 0 N–H and O–H groups in total. The zero-order chi connectivity index (χ0) is 36.5. The fraction of sp³-hybridized carbons (Fsp3) is 0.0196. The highest BCUT2D eigenvalue weighted by atomic mass is 32.2.